The first-order valence-electron chi connectivity index (χ1n) is 7.94. The molecule has 0 radical (unpaired) electrons. The number of carbonyl (C=O) groups excluding carboxylic acids is 1. The molecule has 0 aliphatic heterocycles. The molecule has 0 N–H and O–H groups in total. The molecule has 21 heavy (non-hydrogen) atoms. The molecule has 4 saturated carbocycles. The van der Waals surface area contributed by atoms with Gasteiger partial charge in [0.2, 0.25) is 0 Å². The second-order valence-corrected chi connectivity index (χ2v) is 8.67. The number of nitrogens with zero attached hydrogens (tertiary/aromatic N) is 3. The number of aromatic nitrogens is 2. The predicted octanol–water partition coefficient (Wildman–Crippen LogP) is 3.07. The van der Waals surface area contributed by atoms with E-state index in [4.69, 9.17) is 0 Å². The van der Waals surface area contributed by atoms with Crippen molar-refractivity contribution in [2.24, 2.45) is 24.8 Å². The van der Waals surface area contributed by atoms with Gasteiger partial charge in [-0.05, 0) is 78.9 Å². The molecule has 4 aliphatic rings. The highest BCUT2D eigenvalue weighted by atomic mass is 127. The fourth-order valence-electron chi connectivity index (χ4n) is 5.45. The molecule has 1 aromatic heterocycles. The van der Waals surface area contributed by atoms with E-state index in [0.717, 1.165) is 21.3 Å². The van der Waals surface area contributed by atoms with Gasteiger partial charge in [-0.25, -0.2) is 0 Å². The summed E-state index contributed by atoms with van der Waals surface area (Å²) in [7, 11) is 3.89. The summed E-state index contributed by atoms with van der Waals surface area (Å²) in [5.41, 5.74) is 0.739. The van der Waals surface area contributed by atoms with Gasteiger partial charge in [-0.3, -0.25) is 9.48 Å². The average molecular weight is 399 g/mol. The summed E-state index contributed by atoms with van der Waals surface area (Å²) in [6.45, 7) is 0. The maximum atomic E-state index is 12.9. The molecule has 114 valence electrons. The van der Waals surface area contributed by atoms with E-state index in [1.807, 2.05) is 20.3 Å². The molecular weight excluding hydrogens is 377 g/mol. The van der Waals surface area contributed by atoms with E-state index in [1.165, 1.54) is 38.5 Å². The van der Waals surface area contributed by atoms with Gasteiger partial charge in [0.25, 0.3) is 5.91 Å². The highest BCUT2D eigenvalue weighted by molar-refractivity contribution is 14.1. The first-order valence-corrected chi connectivity index (χ1v) is 9.02. The number of carbonyl (C=O) groups is 1. The average Bonchev–Trinajstić information content (AvgIpc) is 2.74. The van der Waals surface area contributed by atoms with Crippen molar-refractivity contribution in [3.63, 3.8) is 0 Å². The first kappa shape index (κ1) is 14.0. The molecular formula is C16H22IN3O. The van der Waals surface area contributed by atoms with Gasteiger partial charge in [0.05, 0.1) is 3.57 Å². The Labute approximate surface area is 139 Å². The zero-order valence-corrected chi connectivity index (χ0v) is 14.8. The predicted molar refractivity (Wildman–Crippen MR) is 88.9 cm³/mol. The Balaban J connectivity index is 1.64. The van der Waals surface area contributed by atoms with Gasteiger partial charge in [0, 0.05) is 25.8 Å². The van der Waals surface area contributed by atoms with Crippen LogP contribution in [0.5, 0.6) is 0 Å². The molecule has 1 heterocycles. The smallest absolute Gasteiger partial charge is 0.275 e. The molecule has 0 unspecified atom stereocenters. The molecule has 1 amide bonds. The standard InChI is InChI=1S/C16H22IN3O/c1-19-9-13(17)14(18-19)15(21)20(2)16-6-10-3-11(7-16)5-12(4-10)8-16/h9-12H,3-8H2,1-2H3. The molecule has 0 atom stereocenters. The van der Waals surface area contributed by atoms with Gasteiger partial charge in [-0.1, -0.05) is 0 Å². The van der Waals surface area contributed by atoms with Crippen molar-refractivity contribution in [1.82, 2.24) is 14.7 Å². The molecule has 1 aromatic rings. The Bertz CT molecular complexity index is 559. The number of aryl methyl sites for hydroxylation is 1. The third-order valence-corrected chi connectivity index (χ3v) is 6.80. The highest BCUT2D eigenvalue weighted by Crippen LogP contribution is 2.57. The molecule has 4 bridgehead atoms. The first-order chi connectivity index (χ1) is 9.97. The van der Waals surface area contributed by atoms with E-state index in [2.05, 4.69) is 32.6 Å². The molecule has 0 spiro atoms. The Morgan fingerprint density at radius 1 is 1.29 bits per heavy atom. The van der Waals surface area contributed by atoms with Crippen LogP contribution >= 0.6 is 22.6 Å². The SMILES string of the molecule is CN(C(=O)c1nn(C)cc1I)C12CC3CC(CC(C3)C1)C2. The van der Waals surface area contributed by atoms with Crippen LogP contribution in [0.15, 0.2) is 6.20 Å². The highest BCUT2D eigenvalue weighted by Gasteiger charge is 2.54. The van der Waals surface area contributed by atoms with Crippen LogP contribution in [0.3, 0.4) is 0 Å². The van der Waals surface area contributed by atoms with E-state index in [1.54, 1.807) is 4.68 Å². The third kappa shape index (κ3) is 2.14. The molecule has 4 nitrogen and oxygen atoms in total. The lowest BCUT2D eigenvalue weighted by Gasteiger charge is -2.59. The quantitative estimate of drug-likeness (QED) is 0.717. The summed E-state index contributed by atoms with van der Waals surface area (Å²) in [4.78, 5) is 15.0. The van der Waals surface area contributed by atoms with Gasteiger partial charge in [-0.2, -0.15) is 5.10 Å². The second kappa shape index (κ2) is 4.70. The molecule has 5 rings (SSSR count). The lowest BCUT2D eigenvalue weighted by Crippen LogP contribution is -2.60. The molecule has 0 saturated heterocycles. The zero-order valence-electron chi connectivity index (χ0n) is 12.7. The van der Waals surface area contributed by atoms with Gasteiger partial charge >= 0.3 is 0 Å². The van der Waals surface area contributed by atoms with E-state index in [0.29, 0.717) is 5.69 Å². The second-order valence-electron chi connectivity index (χ2n) is 7.51. The summed E-state index contributed by atoms with van der Waals surface area (Å²) >= 11 is 2.22. The normalized spacial score (nSPS) is 37.0. The molecule has 0 aromatic carbocycles. The largest absolute Gasteiger partial charge is 0.335 e. The Morgan fingerprint density at radius 3 is 2.24 bits per heavy atom. The molecule has 4 fully saturated rings. The number of halogens is 1. The van der Waals surface area contributed by atoms with Crippen molar-refractivity contribution >= 4 is 28.5 Å². The van der Waals surface area contributed by atoms with E-state index in [-0.39, 0.29) is 11.4 Å². The van der Waals surface area contributed by atoms with Crippen LogP contribution in [-0.4, -0.2) is 33.2 Å². The summed E-state index contributed by atoms with van der Waals surface area (Å²) in [6, 6.07) is 0. The van der Waals surface area contributed by atoms with Crippen LogP contribution in [0, 0.1) is 21.3 Å². The third-order valence-electron chi connectivity index (χ3n) is 6.01. The fraction of sp³-hybridized carbons (Fsp3) is 0.750. The Kier molecular flexibility index (Phi) is 3.14. The van der Waals surface area contributed by atoms with Crippen molar-refractivity contribution in [3.05, 3.63) is 15.5 Å². The zero-order chi connectivity index (χ0) is 14.8. The number of amides is 1. The fourth-order valence-corrected chi connectivity index (χ4v) is 6.20. The van der Waals surface area contributed by atoms with Crippen LogP contribution < -0.4 is 0 Å². The minimum absolute atomic E-state index is 0.113. The monoisotopic (exact) mass is 399 g/mol. The Hall–Kier alpha value is -0.590. The number of rotatable bonds is 2. The molecule has 5 heteroatoms. The minimum Gasteiger partial charge on any atom is -0.335 e. The van der Waals surface area contributed by atoms with E-state index < -0.39 is 0 Å². The van der Waals surface area contributed by atoms with Gasteiger partial charge in [0.15, 0.2) is 5.69 Å². The maximum Gasteiger partial charge on any atom is 0.275 e. The van der Waals surface area contributed by atoms with E-state index in [9.17, 15) is 4.79 Å². The number of hydrogen-bond acceptors (Lipinski definition) is 2. The van der Waals surface area contributed by atoms with Crippen LogP contribution in [0.4, 0.5) is 0 Å². The lowest BCUT2D eigenvalue weighted by atomic mass is 9.52. The Morgan fingerprint density at radius 2 is 1.81 bits per heavy atom. The van der Waals surface area contributed by atoms with Crippen LogP contribution in [-0.2, 0) is 7.05 Å². The van der Waals surface area contributed by atoms with Crippen molar-refractivity contribution < 1.29 is 4.79 Å². The topological polar surface area (TPSA) is 38.1 Å². The van der Waals surface area contributed by atoms with E-state index >= 15 is 0 Å². The van der Waals surface area contributed by atoms with Crippen molar-refractivity contribution in [2.75, 3.05) is 7.05 Å². The van der Waals surface area contributed by atoms with Crippen LogP contribution in [0.1, 0.15) is 49.0 Å². The maximum absolute atomic E-state index is 12.9. The van der Waals surface area contributed by atoms with Crippen molar-refractivity contribution in [3.8, 4) is 0 Å². The van der Waals surface area contributed by atoms with Crippen LogP contribution in [0.2, 0.25) is 0 Å². The summed E-state index contributed by atoms with van der Waals surface area (Å²) < 4.78 is 2.69. The molecule has 4 aliphatic carbocycles. The van der Waals surface area contributed by atoms with Crippen molar-refractivity contribution in [1.29, 1.82) is 0 Å². The minimum atomic E-state index is 0.113. The van der Waals surface area contributed by atoms with Gasteiger partial charge in [-0.15, -0.1) is 0 Å². The van der Waals surface area contributed by atoms with Gasteiger partial charge < -0.3 is 4.90 Å². The van der Waals surface area contributed by atoms with Crippen molar-refractivity contribution in [2.45, 2.75) is 44.1 Å². The summed E-state index contributed by atoms with van der Waals surface area (Å²) in [6.07, 6.45) is 9.77. The van der Waals surface area contributed by atoms with Crippen LogP contribution in [0.25, 0.3) is 0 Å². The summed E-state index contributed by atoms with van der Waals surface area (Å²) in [5.74, 6) is 2.68. The number of hydrogen-bond donors (Lipinski definition) is 0. The summed E-state index contributed by atoms with van der Waals surface area (Å²) in [5, 5.41) is 4.38. The van der Waals surface area contributed by atoms with Gasteiger partial charge in [0.1, 0.15) is 0 Å². The lowest BCUT2D eigenvalue weighted by molar-refractivity contribution is -0.0667.